The van der Waals surface area contributed by atoms with Crippen LogP contribution in [-0.4, -0.2) is 19.3 Å². The van der Waals surface area contributed by atoms with Crippen molar-refractivity contribution in [2.24, 2.45) is 0 Å². The fourth-order valence-corrected chi connectivity index (χ4v) is 2.39. The third-order valence-electron chi connectivity index (χ3n) is 3.55. The zero-order valence-electron chi connectivity index (χ0n) is 11.0. The highest BCUT2D eigenvalue weighted by atomic mass is 19.1. The molecule has 1 aromatic rings. The maximum atomic E-state index is 12.8. The van der Waals surface area contributed by atoms with Crippen molar-refractivity contribution in [3.8, 4) is 0 Å². The van der Waals surface area contributed by atoms with Gasteiger partial charge in [0, 0.05) is 12.6 Å². The molecule has 1 aliphatic rings. The molecule has 1 N–H and O–H groups in total. The summed E-state index contributed by atoms with van der Waals surface area (Å²) in [5.74, 6) is -0.177. The van der Waals surface area contributed by atoms with Crippen LogP contribution in [0, 0.1) is 5.82 Å². The predicted molar refractivity (Wildman–Crippen MR) is 71.0 cm³/mol. The van der Waals surface area contributed by atoms with Crippen LogP contribution < -0.4 is 5.32 Å². The maximum Gasteiger partial charge on any atom is 0.123 e. The number of ether oxygens (including phenoxy) is 1. The quantitative estimate of drug-likeness (QED) is 0.782. The van der Waals surface area contributed by atoms with Gasteiger partial charge in [-0.25, -0.2) is 4.39 Å². The van der Waals surface area contributed by atoms with Gasteiger partial charge in [0.1, 0.15) is 5.82 Å². The van der Waals surface area contributed by atoms with E-state index in [0.29, 0.717) is 6.10 Å². The Labute approximate surface area is 109 Å². The first-order chi connectivity index (χ1) is 8.75. The standard InChI is InChI=1S/C15H22FNO/c1-12(13-6-8-14(16)9-7-13)17-10-2-4-15-5-3-11-18-15/h6-9,12,15,17H,2-5,10-11H2,1H3/t12-,15?/m0/s1. The normalized spacial score (nSPS) is 21.1. The Balaban J connectivity index is 1.64. The zero-order valence-corrected chi connectivity index (χ0v) is 11.0. The summed E-state index contributed by atoms with van der Waals surface area (Å²) in [5.41, 5.74) is 1.13. The summed E-state index contributed by atoms with van der Waals surface area (Å²) in [6.07, 6.45) is 5.18. The Kier molecular flexibility index (Phi) is 5.14. The molecule has 1 aliphatic heterocycles. The minimum Gasteiger partial charge on any atom is -0.378 e. The van der Waals surface area contributed by atoms with Gasteiger partial charge in [0.15, 0.2) is 0 Å². The molecule has 1 fully saturated rings. The van der Waals surface area contributed by atoms with E-state index in [1.165, 1.54) is 25.0 Å². The number of halogens is 1. The highest BCUT2D eigenvalue weighted by Crippen LogP contribution is 2.17. The Morgan fingerprint density at radius 3 is 2.83 bits per heavy atom. The van der Waals surface area contributed by atoms with Crippen LogP contribution in [0.4, 0.5) is 4.39 Å². The summed E-state index contributed by atoms with van der Waals surface area (Å²) < 4.78 is 18.4. The number of nitrogens with one attached hydrogen (secondary N) is 1. The Bertz CT molecular complexity index is 346. The van der Waals surface area contributed by atoms with E-state index < -0.39 is 0 Å². The minimum absolute atomic E-state index is 0.177. The monoisotopic (exact) mass is 251 g/mol. The van der Waals surface area contributed by atoms with Crippen LogP contribution in [0.15, 0.2) is 24.3 Å². The fraction of sp³-hybridized carbons (Fsp3) is 0.600. The lowest BCUT2D eigenvalue weighted by molar-refractivity contribution is 0.102. The molecule has 3 heteroatoms. The lowest BCUT2D eigenvalue weighted by Gasteiger charge is -2.15. The molecular weight excluding hydrogens is 229 g/mol. The number of hydrogen-bond donors (Lipinski definition) is 1. The molecule has 2 nitrogen and oxygen atoms in total. The molecule has 100 valence electrons. The third-order valence-corrected chi connectivity index (χ3v) is 3.55. The first-order valence-corrected chi connectivity index (χ1v) is 6.86. The Morgan fingerprint density at radius 2 is 2.17 bits per heavy atom. The Hall–Kier alpha value is -0.930. The van der Waals surface area contributed by atoms with E-state index in [4.69, 9.17) is 4.74 Å². The lowest BCUT2D eigenvalue weighted by atomic mass is 10.1. The van der Waals surface area contributed by atoms with Crippen LogP contribution in [0.3, 0.4) is 0 Å². The molecule has 0 bridgehead atoms. The summed E-state index contributed by atoms with van der Waals surface area (Å²) in [6, 6.07) is 6.98. The van der Waals surface area contributed by atoms with Gasteiger partial charge in [0.2, 0.25) is 0 Å². The largest absolute Gasteiger partial charge is 0.378 e. The first kappa shape index (κ1) is 13.5. The van der Waals surface area contributed by atoms with E-state index in [-0.39, 0.29) is 11.9 Å². The van der Waals surface area contributed by atoms with E-state index in [9.17, 15) is 4.39 Å². The van der Waals surface area contributed by atoms with Gasteiger partial charge >= 0.3 is 0 Å². The Morgan fingerprint density at radius 1 is 1.39 bits per heavy atom. The molecule has 0 radical (unpaired) electrons. The van der Waals surface area contributed by atoms with Crippen molar-refractivity contribution in [1.82, 2.24) is 5.32 Å². The highest BCUT2D eigenvalue weighted by molar-refractivity contribution is 5.19. The fourth-order valence-electron chi connectivity index (χ4n) is 2.39. The molecule has 1 saturated heterocycles. The summed E-state index contributed by atoms with van der Waals surface area (Å²) in [7, 11) is 0. The average molecular weight is 251 g/mol. The van der Waals surface area contributed by atoms with Crippen LogP contribution in [0.25, 0.3) is 0 Å². The van der Waals surface area contributed by atoms with Crippen LogP contribution in [-0.2, 0) is 4.74 Å². The third kappa shape index (κ3) is 4.07. The zero-order chi connectivity index (χ0) is 12.8. The van der Waals surface area contributed by atoms with Gasteiger partial charge in [-0.3, -0.25) is 0 Å². The molecule has 1 heterocycles. The SMILES string of the molecule is C[C@H](NCCCC1CCCO1)c1ccc(F)cc1. The second-order valence-corrected chi connectivity index (χ2v) is 5.00. The predicted octanol–water partition coefficient (Wildman–Crippen LogP) is 3.44. The highest BCUT2D eigenvalue weighted by Gasteiger charge is 2.14. The van der Waals surface area contributed by atoms with Gasteiger partial charge < -0.3 is 10.1 Å². The average Bonchev–Trinajstić information content (AvgIpc) is 2.88. The van der Waals surface area contributed by atoms with E-state index in [1.54, 1.807) is 0 Å². The number of hydrogen-bond acceptors (Lipinski definition) is 2. The van der Waals surface area contributed by atoms with Crippen molar-refractivity contribution < 1.29 is 9.13 Å². The lowest BCUT2D eigenvalue weighted by Crippen LogP contribution is -2.21. The minimum atomic E-state index is -0.177. The molecule has 0 aromatic heterocycles. The first-order valence-electron chi connectivity index (χ1n) is 6.86. The van der Waals surface area contributed by atoms with E-state index in [2.05, 4.69) is 12.2 Å². The maximum absolute atomic E-state index is 12.8. The summed E-state index contributed by atoms with van der Waals surface area (Å²) >= 11 is 0. The molecule has 0 aliphatic carbocycles. The summed E-state index contributed by atoms with van der Waals surface area (Å²) in [4.78, 5) is 0. The van der Waals surface area contributed by atoms with Crippen LogP contribution in [0.2, 0.25) is 0 Å². The van der Waals surface area contributed by atoms with Gasteiger partial charge in [-0.2, -0.15) is 0 Å². The number of rotatable bonds is 6. The molecule has 1 aromatic carbocycles. The smallest absolute Gasteiger partial charge is 0.123 e. The molecule has 2 rings (SSSR count). The van der Waals surface area contributed by atoms with Crippen molar-refractivity contribution in [3.63, 3.8) is 0 Å². The van der Waals surface area contributed by atoms with Crippen LogP contribution >= 0.6 is 0 Å². The van der Waals surface area contributed by atoms with Crippen molar-refractivity contribution in [3.05, 3.63) is 35.6 Å². The molecule has 0 saturated carbocycles. The van der Waals surface area contributed by atoms with Crippen molar-refractivity contribution in [1.29, 1.82) is 0 Å². The second-order valence-electron chi connectivity index (χ2n) is 5.00. The van der Waals surface area contributed by atoms with Crippen molar-refractivity contribution in [2.75, 3.05) is 13.2 Å². The summed E-state index contributed by atoms with van der Waals surface area (Å²) in [5, 5.41) is 3.46. The molecule has 18 heavy (non-hydrogen) atoms. The van der Waals surface area contributed by atoms with Crippen molar-refractivity contribution >= 4 is 0 Å². The molecular formula is C15H22FNO. The van der Waals surface area contributed by atoms with E-state index in [0.717, 1.165) is 31.6 Å². The van der Waals surface area contributed by atoms with Gasteiger partial charge in [-0.1, -0.05) is 12.1 Å². The van der Waals surface area contributed by atoms with Gasteiger partial charge in [0.25, 0.3) is 0 Å². The van der Waals surface area contributed by atoms with Crippen molar-refractivity contribution in [2.45, 2.75) is 44.8 Å². The van der Waals surface area contributed by atoms with Crippen LogP contribution in [0.5, 0.6) is 0 Å². The van der Waals surface area contributed by atoms with E-state index >= 15 is 0 Å². The number of benzene rings is 1. The second kappa shape index (κ2) is 6.86. The van der Waals surface area contributed by atoms with Gasteiger partial charge in [0.05, 0.1) is 6.10 Å². The summed E-state index contributed by atoms with van der Waals surface area (Å²) in [6.45, 7) is 4.03. The van der Waals surface area contributed by atoms with Gasteiger partial charge in [-0.15, -0.1) is 0 Å². The molecule has 0 spiro atoms. The van der Waals surface area contributed by atoms with Crippen LogP contribution in [0.1, 0.15) is 44.2 Å². The molecule has 2 atom stereocenters. The topological polar surface area (TPSA) is 21.3 Å². The van der Waals surface area contributed by atoms with Gasteiger partial charge in [-0.05, 0) is 56.8 Å². The molecule has 0 amide bonds. The molecule has 1 unspecified atom stereocenters. The van der Waals surface area contributed by atoms with E-state index in [1.807, 2.05) is 12.1 Å².